The van der Waals surface area contributed by atoms with Crippen LogP contribution in [0.15, 0.2) is 73.1 Å². The van der Waals surface area contributed by atoms with Crippen LogP contribution < -0.4 is 26.0 Å². The molecular formula is C34H37F4N9O2. The Morgan fingerprint density at radius 1 is 0.959 bits per heavy atom. The molecule has 15 heteroatoms. The number of hydrogen-bond acceptors (Lipinski definition) is 9. The number of nitrogens with one attached hydrogen (secondary N) is 4. The number of alkyl halides is 4. The Kier molecular flexibility index (Phi) is 10.5. The molecule has 0 saturated carbocycles. The van der Waals surface area contributed by atoms with E-state index in [9.17, 15) is 22.4 Å². The number of amides is 2. The van der Waals surface area contributed by atoms with Gasteiger partial charge in [-0.2, -0.15) is 13.2 Å². The molecule has 49 heavy (non-hydrogen) atoms. The lowest BCUT2D eigenvalue weighted by atomic mass is 10.0. The summed E-state index contributed by atoms with van der Waals surface area (Å²) in [6.07, 6.45) is -2.03. The zero-order valence-electron chi connectivity index (χ0n) is 26.8. The Bertz CT molecular complexity index is 1750. The van der Waals surface area contributed by atoms with Crippen LogP contribution in [0.2, 0.25) is 0 Å². The molecule has 11 nitrogen and oxygen atoms in total. The molecule has 4 aromatic rings. The van der Waals surface area contributed by atoms with Crippen molar-refractivity contribution in [1.82, 2.24) is 30.1 Å². The van der Waals surface area contributed by atoms with E-state index in [0.29, 0.717) is 61.2 Å². The van der Waals surface area contributed by atoms with Gasteiger partial charge >= 0.3 is 12.2 Å². The van der Waals surface area contributed by atoms with Gasteiger partial charge in [-0.15, -0.1) is 0 Å². The first kappa shape index (κ1) is 34.0. The van der Waals surface area contributed by atoms with Gasteiger partial charge in [0.05, 0.1) is 16.8 Å². The molecule has 4 N–H and O–H groups in total. The highest BCUT2D eigenvalue weighted by molar-refractivity contribution is 6.00. The summed E-state index contributed by atoms with van der Waals surface area (Å²) in [4.78, 5) is 30.2. The zero-order chi connectivity index (χ0) is 34.4. The maximum Gasteiger partial charge on any atom is 0.416 e. The average molecular weight is 680 g/mol. The van der Waals surface area contributed by atoms with Crippen molar-refractivity contribution in [2.45, 2.75) is 31.4 Å². The second-order valence-electron chi connectivity index (χ2n) is 12.1. The Hall–Kier alpha value is -4.86. The van der Waals surface area contributed by atoms with Crippen molar-refractivity contribution in [3.05, 3.63) is 84.2 Å². The van der Waals surface area contributed by atoms with Crippen LogP contribution in [-0.2, 0) is 12.7 Å². The molecule has 2 amide bonds. The number of piperazine rings is 1. The third-order valence-corrected chi connectivity index (χ3v) is 8.30. The van der Waals surface area contributed by atoms with E-state index < -0.39 is 23.9 Å². The van der Waals surface area contributed by atoms with Gasteiger partial charge in [0, 0.05) is 88.1 Å². The summed E-state index contributed by atoms with van der Waals surface area (Å²) < 4.78 is 62.0. The summed E-state index contributed by atoms with van der Waals surface area (Å²) in [5, 5.41) is 11.4. The van der Waals surface area contributed by atoms with Gasteiger partial charge in [0.1, 0.15) is 11.9 Å². The molecule has 0 spiro atoms. The molecule has 2 aromatic heterocycles. The van der Waals surface area contributed by atoms with Gasteiger partial charge in [0.15, 0.2) is 0 Å². The molecule has 0 unspecified atom stereocenters. The van der Waals surface area contributed by atoms with Crippen LogP contribution in [0.3, 0.4) is 0 Å². The molecule has 0 aliphatic carbocycles. The minimum atomic E-state index is -4.58. The molecule has 258 valence electrons. The van der Waals surface area contributed by atoms with Gasteiger partial charge in [0.25, 0.3) is 0 Å². The van der Waals surface area contributed by atoms with Crippen LogP contribution in [0, 0.1) is 0 Å². The van der Waals surface area contributed by atoms with E-state index in [1.807, 2.05) is 11.9 Å². The first-order chi connectivity index (χ1) is 23.6. The monoisotopic (exact) mass is 679 g/mol. The maximum absolute atomic E-state index is 14.0. The lowest BCUT2D eigenvalue weighted by Crippen LogP contribution is -2.44. The van der Waals surface area contributed by atoms with Crippen LogP contribution in [-0.4, -0.2) is 89.3 Å². The molecule has 2 fully saturated rings. The number of carbonyl (C=O) groups excluding carboxylic acids is 1. The number of benzene rings is 2. The Labute approximate surface area is 281 Å². The van der Waals surface area contributed by atoms with Crippen molar-refractivity contribution in [3.8, 4) is 22.9 Å². The van der Waals surface area contributed by atoms with Gasteiger partial charge in [-0.05, 0) is 55.1 Å². The van der Waals surface area contributed by atoms with Gasteiger partial charge in [-0.3, -0.25) is 4.90 Å². The van der Waals surface area contributed by atoms with Crippen LogP contribution in [0.1, 0.15) is 17.5 Å². The third-order valence-electron chi connectivity index (χ3n) is 8.30. The fraction of sp³-hybridized carbons (Fsp3) is 0.353. The Balaban J connectivity index is 1.11. The number of likely N-dealkylation sites (N-methyl/N-ethyl adjacent to an activating group) is 1. The van der Waals surface area contributed by atoms with Gasteiger partial charge < -0.3 is 30.9 Å². The Morgan fingerprint density at radius 3 is 2.53 bits per heavy atom. The van der Waals surface area contributed by atoms with Crippen molar-refractivity contribution in [1.29, 1.82) is 0 Å². The van der Waals surface area contributed by atoms with E-state index in [-0.39, 0.29) is 29.7 Å². The number of aromatic nitrogens is 3. The number of pyridine rings is 1. The van der Waals surface area contributed by atoms with Crippen LogP contribution in [0.25, 0.3) is 11.3 Å². The molecule has 2 aliphatic rings. The van der Waals surface area contributed by atoms with E-state index in [1.54, 1.807) is 54.9 Å². The van der Waals surface area contributed by atoms with Crippen molar-refractivity contribution in [2.75, 3.05) is 62.3 Å². The highest BCUT2D eigenvalue weighted by Crippen LogP contribution is 2.35. The highest BCUT2D eigenvalue weighted by atomic mass is 19.4. The van der Waals surface area contributed by atoms with Gasteiger partial charge in [0.2, 0.25) is 11.8 Å². The topological polar surface area (TPSA) is 120 Å². The molecule has 2 aromatic carbocycles. The van der Waals surface area contributed by atoms with Gasteiger partial charge in [-0.25, -0.2) is 24.1 Å². The molecule has 6 rings (SSSR count). The van der Waals surface area contributed by atoms with E-state index >= 15 is 0 Å². The predicted molar refractivity (Wildman–Crippen MR) is 178 cm³/mol. The normalized spacial score (nSPS) is 18.9. The minimum Gasteiger partial charge on any atom is -0.438 e. The summed E-state index contributed by atoms with van der Waals surface area (Å²) in [6, 6.07) is 14.7. The lowest BCUT2D eigenvalue weighted by molar-refractivity contribution is -0.138. The average Bonchev–Trinajstić information content (AvgIpc) is 3.06. The number of urea groups is 1. The quantitative estimate of drug-likeness (QED) is 0.162. The molecule has 2 atom stereocenters. The molecule has 0 bridgehead atoms. The van der Waals surface area contributed by atoms with E-state index in [0.717, 1.165) is 19.2 Å². The van der Waals surface area contributed by atoms with Crippen molar-refractivity contribution in [2.24, 2.45) is 0 Å². The fourth-order valence-electron chi connectivity index (χ4n) is 5.77. The largest absolute Gasteiger partial charge is 0.438 e. The molecular weight excluding hydrogens is 642 g/mol. The number of halogens is 4. The van der Waals surface area contributed by atoms with Crippen molar-refractivity contribution in [3.63, 3.8) is 0 Å². The zero-order valence-corrected chi connectivity index (χ0v) is 26.8. The highest BCUT2D eigenvalue weighted by Gasteiger charge is 2.34. The standard InChI is InChI=1S/C34H37F4N9O2/c1-46-12-14-47(15-13-46)21-22-7-8-25(18-29(22)34(36,37)38)44-33(48)43-24-4-2-5-27(17-24)49-31-28(6-3-10-40-31)30-9-11-41-32(45-30)42-26-16-23(35)19-39-20-26/h2-11,17-18,23,26,39H,12-16,19-21H2,1H3,(H,41,42,45)(H2,43,44,48)/t23-,26-/m0/s1. The first-order valence-corrected chi connectivity index (χ1v) is 16.0. The summed E-state index contributed by atoms with van der Waals surface area (Å²) in [5.41, 5.74) is 0.842. The summed E-state index contributed by atoms with van der Waals surface area (Å²) in [6.45, 7) is 4.04. The maximum atomic E-state index is 14.0. The number of ether oxygens (including phenoxy) is 1. The summed E-state index contributed by atoms with van der Waals surface area (Å²) in [7, 11) is 1.99. The molecule has 4 heterocycles. The lowest BCUT2D eigenvalue weighted by Gasteiger charge is -2.33. The predicted octanol–water partition coefficient (Wildman–Crippen LogP) is 5.85. The SMILES string of the molecule is CN1CCN(Cc2ccc(NC(=O)Nc3cccc(Oc4ncccc4-c4ccnc(N[C@@H]5CNC[C@@H](F)C5)n4)c3)cc2C(F)(F)F)CC1. The smallest absolute Gasteiger partial charge is 0.416 e. The van der Waals surface area contributed by atoms with Crippen molar-refractivity contribution >= 4 is 23.4 Å². The molecule has 2 saturated heterocycles. The van der Waals surface area contributed by atoms with Crippen LogP contribution in [0.4, 0.5) is 39.7 Å². The second kappa shape index (κ2) is 15.1. The number of anilines is 3. The third kappa shape index (κ3) is 9.19. The number of piperidine rings is 1. The fourth-order valence-corrected chi connectivity index (χ4v) is 5.77. The first-order valence-electron chi connectivity index (χ1n) is 16.0. The van der Waals surface area contributed by atoms with Crippen LogP contribution in [0.5, 0.6) is 11.6 Å². The Morgan fingerprint density at radius 2 is 1.76 bits per heavy atom. The van der Waals surface area contributed by atoms with E-state index in [4.69, 9.17) is 4.74 Å². The van der Waals surface area contributed by atoms with Crippen LogP contribution >= 0.6 is 0 Å². The van der Waals surface area contributed by atoms with E-state index in [2.05, 4.69) is 41.1 Å². The summed E-state index contributed by atoms with van der Waals surface area (Å²) in [5.74, 6) is 0.936. The number of rotatable bonds is 9. The summed E-state index contributed by atoms with van der Waals surface area (Å²) >= 11 is 0. The number of hydrogen-bond donors (Lipinski definition) is 4. The van der Waals surface area contributed by atoms with Crippen molar-refractivity contribution < 1.29 is 27.1 Å². The minimum absolute atomic E-state index is 0.0143. The molecule has 0 radical (unpaired) electrons. The number of carbonyl (C=O) groups is 1. The number of nitrogens with zero attached hydrogens (tertiary/aromatic N) is 5. The van der Waals surface area contributed by atoms with Gasteiger partial charge in [-0.1, -0.05) is 12.1 Å². The van der Waals surface area contributed by atoms with E-state index in [1.165, 1.54) is 12.1 Å². The molecule has 2 aliphatic heterocycles. The second-order valence-corrected chi connectivity index (χ2v) is 12.1.